The van der Waals surface area contributed by atoms with E-state index in [1.807, 2.05) is 0 Å². The molecule has 0 saturated carbocycles. The van der Waals surface area contributed by atoms with Gasteiger partial charge in [0.25, 0.3) is 6.43 Å². The van der Waals surface area contributed by atoms with Gasteiger partial charge < -0.3 is 5.11 Å². The van der Waals surface area contributed by atoms with Crippen molar-refractivity contribution in [1.82, 2.24) is 4.98 Å². The molecular formula is C9H8ClF2NO2. The van der Waals surface area contributed by atoms with E-state index in [4.69, 9.17) is 16.7 Å². The largest absolute Gasteiger partial charge is 0.477 e. The summed E-state index contributed by atoms with van der Waals surface area (Å²) in [7, 11) is 0. The van der Waals surface area contributed by atoms with E-state index in [0.717, 1.165) is 6.07 Å². The molecule has 0 fully saturated rings. The van der Waals surface area contributed by atoms with Crippen molar-refractivity contribution in [3.63, 3.8) is 0 Å². The number of carbonyl (C=O) groups is 1. The summed E-state index contributed by atoms with van der Waals surface area (Å²) in [6.07, 6.45) is -2.79. The summed E-state index contributed by atoms with van der Waals surface area (Å²) in [5.74, 6) is -1.42. The smallest absolute Gasteiger partial charge is 0.354 e. The van der Waals surface area contributed by atoms with Gasteiger partial charge in [-0.2, -0.15) is 0 Å². The summed E-state index contributed by atoms with van der Waals surface area (Å²) in [6.45, 7) is 1.53. The lowest BCUT2D eigenvalue weighted by Gasteiger charge is -2.08. The molecule has 82 valence electrons. The van der Waals surface area contributed by atoms with Gasteiger partial charge in [0.2, 0.25) is 0 Å². The minimum absolute atomic E-state index is 0.0655. The van der Waals surface area contributed by atoms with E-state index in [2.05, 4.69) is 4.98 Å². The molecule has 0 aliphatic rings. The van der Waals surface area contributed by atoms with Crippen LogP contribution in [0.25, 0.3) is 0 Å². The maximum Gasteiger partial charge on any atom is 0.354 e. The maximum absolute atomic E-state index is 12.3. The maximum atomic E-state index is 12.3. The van der Waals surface area contributed by atoms with Gasteiger partial charge in [-0.15, -0.1) is 11.6 Å². The molecule has 0 aliphatic carbocycles. The molecule has 0 aliphatic heterocycles. The van der Waals surface area contributed by atoms with Gasteiger partial charge >= 0.3 is 5.97 Å². The van der Waals surface area contributed by atoms with E-state index >= 15 is 0 Å². The molecule has 1 N–H and O–H groups in total. The number of hydrogen-bond acceptors (Lipinski definition) is 2. The van der Waals surface area contributed by atoms with Crippen LogP contribution < -0.4 is 0 Å². The monoisotopic (exact) mass is 235 g/mol. The molecule has 0 amide bonds. The van der Waals surface area contributed by atoms with Crippen molar-refractivity contribution in [2.75, 3.05) is 0 Å². The SMILES string of the molecule is Cc1cc(C(F)F)nc(C(=O)O)c1CCl. The summed E-state index contributed by atoms with van der Waals surface area (Å²) in [6, 6.07) is 1.15. The highest BCUT2D eigenvalue weighted by molar-refractivity contribution is 6.17. The van der Waals surface area contributed by atoms with Gasteiger partial charge in [0.1, 0.15) is 5.69 Å². The second-order valence-electron chi connectivity index (χ2n) is 2.93. The number of carboxylic acid groups (broad SMARTS) is 1. The van der Waals surface area contributed by atoms with Crippen LogP contribution in [0.1, 0.15) is 33.7 Å². The molecule has 1 rings (SSSR count). The van der Waals surface area contributed by atoms with E-state index in [1.54, 1.807) is 0 Å². The Labute approximate surface area is 89.7 Å². The molecule has 1 aromatic rings. The predicted molar refractivity (Wildman–Crippen MR) is 50.4 cm³/mol. The Morgan fingerprint density at radius 3 is 2.67 bits per heavy atom. The Morgan fingerprint density at radius 1 is 1.67 bits per heavy atom. The van der Waals surface area contributed by atoms with Gasteiger partial charge in [-0.05, 0) is 18.6 Å². The summed E-state index contributed by atoms with van der Waals surface area (Å²) in [5, 5.41) is 8.76. The van der Waals surface area contributed by atoms with E-state index in [0.29, 0.717) is 5.56 Å². The van der Waals surface area contributed by atoms with Crippen molar-refractivity contribution in [1.29, 1.82) is 0 Å². The fraction of sp³-hybridized carbons (Fsp3) is 0.333. The summed E-state index contributed by atoms with van der Waals surface area (Å²) in [5.41, 5.74) is -0.264. The molecule has 1 aromatic heterocycles. The number of aryl methyl sites for hydroxylation is 1. The zero-order valence-electron chi connectivity index (χ0n) is 7.80. The third kappa shape index (κ3) is 2.41. The summed E-state index contributed by atoms with van der Waals surface area (Å²) in [4.78, 5) is 14.1. The van der Waals surface area contributed by atoms with Gasteiger partial charge in [0.05, 0.1) is 5.88 Å². The molecule has 15 heavy (non-hydrogen) atoms. The average Bonchev–Trinajstić information content (AvgIpc) is 2.16. The topological polar surface area (TPSA) is 50.2 Å². The lowest BCUT2D eigenvalue weighted by molar-refractivity contribution is 0.0687. The van der Waals surface area contributed by atoms with Crippen molar-refractivity contribution < 1.29 is 18.7 Å². The number of rotatable bonds is 3. The van der Waals surface area contributed by atoms with Crippen LogP contribution in [0.15, 0.2) is 6.07 Å². The van der Waals surface area contributed by atoms with Crippen LogP contribution in [0, 0.1) is 6.92 Å². The average molecular weight is 236 g/mol. The zero-order chi connectivity index (χ0) is 11.6. The highest BCUT2D eigenvalue weighted by atomic mass is 35.5. The number of aromatic nitrogens is 1. The molecule has 6 heteroatoms. The van der Waals surface area contributed by atoms with Crippen LogP contribution in [-0.4, -0.2) is 16.1 Å². The molecule has 0 saturated heterocycles. The molecular weight excluding hydrogens is 228 g/mol. The predicted octanol–water partition coefficient (Wildman–Crippen LogP) is 2.76. The number of carboxylic acids is 1. The van der Waals surface area contributed by atoms with E-state index in [1.165, 1.54) is 6.92 Å². The van der Waals surface area contributed by atoms with Crippen LogP contribution in [-0.2, 0) is 5.88 Å². The third-order valence-electron chi connectivity index (χ3n) is 1.93. The van der Waals surface area contributed by atoms with Crippen LogP contribution in [0.3, 0.4) is 0 Å². The Morgan fingerprint density at radius 2 is 2.27 bits per heavy atom. The second-order valence-corrected chi connectivity index (χ2v) is 3.20. The standard InChI is InChI=1S/C9H8ClF2NO2/c1-4-2-6(8(11)12)13-7(9(14)15)5(4)3-10/h2,8H,3H2,1H3,(H,14,15). The molecule has 0 aromatic carbocycles. The first-order valence-electron chi connectivity index (χ1n) is 4.05. The number of hydrogen-bond donors (Lipinski definition) is 1. The summed E-state index contributed by atoms with van der Waals surface area (Å²) < 4.78 is 24.7. The highest BCUT2D eigenvalue weighted by Crippen LogP contribution is 2.22. The van der Waals surface area contributed by atoms with E-state index in [-0.39, 0.29) is 11.4 Å². The van der Waals surface area contributed by atoms with Gasteiger partial charge in [0, 0.05) is 5.56 Å². The van der Waals surface area contributed by atoms with E-state index < -0.39 is 23.8 Å². The van der Waals surface area contributed by atoms with Crippen molar-refractivity contribution in [2.24, 2.45) is 0 Å². The Bertz CT molecular complexity index is 396. The van der Waals surface area contributed by atoms with Gasteiger partial charge in [-0.1, -0.05) is 0 Å². The lowest BCUT2D eigenvalue weighted by atomic mass is 10.1. The van der Waals surface area contributed by atoms with Crippen LogP contribution in [0.5, 0.6) is 0 Å². The van der Waals surface area contributed by atoms with Gasteiger partial charge in [0.15, 0.2) is 5.69 Å². The highest BCUT2D eigenvalue weighted by Gasteiger charge is 2.19. The Balaban J connectivity index is 3.38. The van der Waals surface area contributed by atoms with Crippen LogP contribution >= 0.6 is 11.6 Å². The third-order valence-corrected chi connectivity index (χ3v) is 2.19. The fourth-order valence-electron chi connectivity index (χ4n) is 1.18. The first kappa shape index (κ1) is 11.8. The first-order chi connectivity index (χ1) is 6.97. The molecule has 0 radical (unpaired) electrons. The van der Waals surface area contributed by atoms with Crippen LogP contribution in [0.2, 0.25) is 0 Å². The van der Waals surface area contributed by atoms with Gasteiger partial charge in [-0.3, -0.25) is 0 Å². The first-order valence-corrected chi connectivity index (χ1v) is 4.58. The van der Waals surface area contributed by atoms with Crippen molar-refractivity contribution >= 4 is 17.6 Å². The number of halogens is 3. The van der Waals surface area contributed by atoms with Crippen molar-refractivity contribution in [2.45, 2.75) is 19.2 Å². The normalized spacial score (nSPS) is 10.7. The lowest BCUT2D eigenvalue weighted by Crippen LogP contribution is -2.09. The minimum Gasteiger partial charge on any atom is -0.477 e. The number of nitrogens with zero attached hydrogens (tertiary/aromatic N) is 1. The molecule has 3 nitrogen and oxygen atoms in total. The molecule has 1 heterocycles. The molecule has 0 bridgehead atoms. The Hall–Kier alpha value is -1.23. The van der Waals surface area contributed by atoms with Crippen molar-refractivity contribution in [3.05, 3.63) is 28.6 Å². The van der Waals surface area contributed by atoms with Crippen molar-refractivity contribution in [3.8, 4) is 0 Å². The van der Waals surface area contributed by atoms with E-state index in [9.17, 15) is 13.6 Å². The van der Waals surface area contributed by atoms with Gasteiger partial charge in [-0.25, -0.2) is 18.6 Å². The number of aromatic carboxylic acids is 1. The quantitative estimate of drug-likeness (QED) is 0.820. The molecule has 0 spiro atoms. The molecule has 0 unspecified atom stereocenters. The second kappa shape index (κ2) is 4.53. The Kier molecular flexibility index (Phi) is 3.57. The molecule has 0 atom stereocenters. The van der Waals surface area contributed by atoms with Crippen LogP contribution in [0.4, 0.5) is 8.78 Å². The minimum atomic E-state index is -2.79. The number of pyridine rings is 1. The fourth-order valence-corrected chi connectivity index (χ4v) is 1.52. The summed E-state index contributed by atoms with van der Waals surface area (Å²) >= 11 is 5.52. The zero-order valence-corrected chi connectivity index (χ0v) is 8.55. The number of alkyl halides is 3.